The Balaban J connectivity index is 1.81. The summed E-state index contributed by atoms with van der Waals surface area (Å²) in [5.41, 5.74) is 1.58. The molecule has 0 aromatic carbocycles. The van der Waals surface area contributed by atoms with Crippen LogP contribution in [0.4, 0.5) is 5.88 Å². The van der Waals surface area contributed by atoms with E-state index in [4.69, 9.17) is 4.42 Å². The van der Waals surface area contributed by atoms with E-state index in [-0.39, 0.29) is 0 Å². The predicted molar refractivity (Wildman–Crippen MR) is 94.5 cm³/mol. The molecule has 0 spiro atoms. The molecule has 2 aromatic heterocycles. The highest BCUT2D eigenvalue weighted by atomic mass is 32.1. The van der Waals surface area contributed by atoms with Crippen molar-refractivity contribution in [1.82, 2.24) is 4.98 Å². The first kappa shape index (κ1) is 15.8. The number of furan rings is 1. The van der Waals surface area contributed by atoms with Gasteiger partial charge in [0.1, 0.15) is 16.8 Å². The van der Waals surface area contributed by atoms with Gasteiger partial charge < -0.3 is 9.32 Å². The van der Waals surface area contributed by atoms with Gasteiger partial charge in [-0.15, -0.1) is 11.3 Å². The fourth-order valence-electron chi connectivity index (χ4n) is 2.66. The summed E-state index contributed by atoms with van der Waals surface area (Å²) in [6, 6.07) is 6.17. The molecule has 5 heteroatoms. The van der Waals surface area contributed by atoms with Gasteiger partial charge in [-0.1, -0.05) is 13.8 Å². The third kappa shape index (κ3) is 3.65. The van der Waals surface area contributed by atoms with Gasteiger partial charge in [0.2, 0.25) is 0 Å². The maximum Gasteiger partial charge on any atom is 0.196 e. The van der Waals surface area contributed by atoms with Gasteiger partial charge >= 0.3 is 0 Å². The van der Waals surface area contributed by atoms with E-state index in [1.54, 1.807) is 6.08 Å². The number of hydrogen-bond donors (Lipinski definition) is 0. The fraction of sp³-hybridized carbons (Fsp3) is 0.444. The quantitative estimate of drug-likeness (QED) is 0.748. The van der Waals surface area contributed by atoms with Crippen LogP contribution in [0.25, 0.3) is 11.6 Å². The zero-order valence-electron chi connectivity index (χ0n) is 13.6. The maximum atomic E-state index is 9.44. The van der Waals surface area contributed by atoms with Crippen LogP contribution >= 0.6 is 11.3 Å². The molecule has 0 amide bonds. The number of piperidine rings is 1. The van der Waals surface area contributed by atoms with E-state index in [1.165, 1.54) is 30.6 Å². The van der Waals surface area contributed by atoms with E-state index < -0.39 is 0 Å². The second kappa shape index (κ2) is 7.01. The average molecular weight is 327 g/mol. The topological polar surface area (TPSA) is 53.1 Å². The lowest BCUT2D eigenvalue weighted by molar-refractivity contribution is 0.496. The van der Waals surface area contributed by atoms with Crippen LogP contribution < -0.4 is 4.90 Å². The van der Waals surface area contributed by atoms with Gasteiger partial charge in [0.15, 0.2) is 5.88 Å². The summed E-state index contributed by atoms with van der Waals surface area (Å²) in [6.07, 6.45) is 5.51. The van der Waals surface area contributed by atoms with Gasteiger partial charge in [-0.2, -0.15) is 5.26 Å². The highest BCUT2D eigenvalue weighted by molar-refractivity contribution is 7.11. The van der Waals surface area contributed by atoms with Crippen LogP contribution in [0.5, 0.6) is 0 Å². The van der Waals surface area contributed by atoms with Crippen LogP contribution in [0.2, 0.25) is 0 Å². The Kier molecular flexibility index (Phi) is 4.82. The van der Waals surface area contributed by atoms with E-state index in [9.17, 15) is 5.26 Å². The fourth-order valence-corrected chi connectivity index (χ4v) is 3.61. The average Bonchev–Trinajstić information content (AvgIpc) is 3.23. The molecule has 120 valence electrons. The van der Waals surface area contributed by atoms with E-state index in [0.717, 1.165) is 29.7 Å². The van der Waals surface area contributed by atoms with Crippen LogP contribution in [0.1, 0.15) is 55.5 Å². The Morgan fingerprint density at radius 1 is 1.35 bits per heavy atom. The molecule has 0 saturated carbocycles. The minimum atomic E-state index is 0.370. The lowest BCUT2D eigenvalue weighted by Crippen LogP contribution is -2.28. The summed E-state index contributed by atoms with van der Waals surface area (Å²) in [5, 5.41) is 12.2. The highest BCUT2D eigenvalue weighted by Gasteiger charge is 2.15. The zero-order chi connectivity index (χ0) is 16.2. The molecule has 1 aliphatic rings. The Morgan fingerprint density at radius 2 is 2.13 bits per heavy atom. The van der Waals surface area contributed by atoms with Gasteiger partial charge in [0, 0.05) is 30.6 Å². The van der Waals surface area contributed by atoms with E-state index >= 15 is 0 Å². The van der Waals surface area contributed by atoms with Crippen LogP contribution in [0, 0.1) is 11.3 Å². The molecule has 0 N–H and O–H groups in total. The van der Waals surface area contributed by atoms with Crippen molar-refractivity contribution in [1.29, 1.82) is 5.26 Å². The number of aromatic nitrogens is 1. The minimum absolute atomic E-state index is 0.370. The van der Waals surface area contributed by atoms with Crippen molar-refractivity contribution in [3.8, 4) is 6.07 Å². The van der Waals surface area contributed by atoms with E-state index in [0.29, 0.717) is 17.3 Å². The SMILES string of the molecule is CC(C)c1csc(/C(C#N)=C/c2ccc(N3CCCCC3)o2)n1. The van der Waals surface area contributed by atoms with Crippen LogP contribution in [-0.2, 0) is 0 Å². The minimum Gasteiger partial charge on any atom is -0.441 e. The Labute approximate surface area is 141 Å². The molecule has 0 unspecified atom stereocenters. The van der Waals surface area contributed by atoms with Gasteiger partial charge in [-0.05, 0) is 31.2 Å². The van der Waals surface area contributed by atoms with Crippen molar-refractivity contribution in [2.24, 2.45) is 0 Å². The van der Waals surface area contributed by atoms with Crippen molar-refractivity contribution in [2.75, 3.05) is 18.0 Å². The number of thiazole rings is 1. The molecule has 0 atom stereocenters. The third-order valence-electron chi connectivity index (χ3n) is 4.03. The Morgan fingerprint density at radius 3 is 2.78 bits per heavy atom. The first-order valence-electron chi connectivity index (χ1n) is 8.10. The van der Waals surface area contributed by atoms with Crippen LogP contribution in [-0.4, -0.2) is 18.1 Å². The lowest BCUT2D eigenvalue weighted by Gasteiger charge is -2.25. The van der Waals surface area contributed by atoms with Gasteiger partial charge in [0.05, 0.1) is 11.3 Å². The molecule has 1 saturated heterocycles. The van der Waals surface area contributed by atoms with Crippen molar-refractivity contribution in [2.45, 2.75) is 39.0 Å². The van der Waals surface area contributed by atoms with Crippen LogP contribution in [0.3, 0.4) is 0 Å². The summed E-state index contributed by atoms with van der Waals surface area (Å²) in [4.78, 5) is 6.82. The van der Waals surface area contributed by atoms with Gasteiger partial charge in [-0.3, -0.25) is 0 Å². The monoisotopic (exact) mass is 327 g/mol. The predicted octanol–water partition coefficient (Wildman–Crippen LogP) is 4.91. The van der Waals surface area contributed by atoms with E-state index in [2.05, 4.69) is 29.8 Å². The number of allylic oxidation sites excluding steroid dienone is 1. The molecule has 23 heavy (non-hydrogen) atoms. The largest absolute Gasteiger partial charge is 0.441 e. The number of nitriles is 1. The second-order valence-electron chi connectivity index (χ2n) is 6.13. The van der Waals surface area contributed by atoms with Gasteiger partial charge in [-0.25, -0.2) is 4.98 Å². The number of hydrogen-bond acceptors (Lipinski definition) is 5. The molecule has 0 bridgehead atoms. The van der Waals surface area contributed by atoms with E-state index in [1.807, 2.05) is 17.5 Å². The van der Waals surface area contributed by atoms with Crippen LogP contribution in [0.15, 0.2) is 21.9 Å². The normalized spacial score (nSPS) is 15.9. The van der Waals surface area contributed by atoms with Crippen molar-refractivity contribution in [3.63, 3.8) is 0 Å². The lowest BCUT2D eigenvalue weighted by atomic mass is 10.1. The molecule has 1 fully saturated rings. The molecule has 3 rings (SSSR count). The first-order chi connectivity index (χ1) is 11.2. The molecule has 2 aromatic rings. The summed E-state index contributed by atoms with van der Waals surface area (Å²) >= 11 is 1.51. The molecule has 0 aliphatic carbocycles. The third-order valence-corrected chi connectivity index (χ3v) is 4.93. The Bertz CT molecular complexity index is 730. The molecular weight excluding hydrogens is 306 g/mol. The van der Waals surface area contributed by atoms with Crippen molar-refractivity contribution >= 4 is 28.9 Å². The zero-order valence-corrected chi connectivity index (χ0v) is 14.4. The molecule has 3 heterocycles. The standard InChI is InChI=1S/C18H21N3OS/c1-13(2)16-12-23-18(20-16)14(11-19)10-15-6-7-17(22-15)21-8-4-3-5-9-21/h6-7,10,12-13H,3-5,8-9H2,1-2H3/b14-10+. The number of rotatable bonds is 4. The molecule has 4 nitrogen and oxygen atoms in total. The van der Waals surface area contributed by atoms with Crippen molar-refractivity contribution < 1.29 is 4.42 Å². The summed E-state index contributed by atoms with van der Waals surface area (Å²) < 4.78 is 5.91. The number of nitrogens with zero attached hydrogens (tertiary/aromatic N) is 3. The van der Waals surface area contributed by atoms with Gasteiger partial charge in [0.25, 0.3) is 0 Å². The molecule has 0 radical (unpaired) electrons. The molecule has 1 aliphatic heterocycles. The maximum absolute atomic E-state index is 9.44. The number of anilines is 1. The smallest absolute Gasteiger partial charge is 0.196 e. The van der Waals surface area contributed by atoms with Crippen molar-refractivity contribution in [3.05, 3.63) is 34.0 Å². The highest BCUT2D eigenvalue weighted by Crippen LogP contribution is 2.27. The summed E-state index contributed by atoms with van der Waals surface area (Å²) in [5.74, 6) is 1.98. The second-order valence-corrected chi connectivity index (χ2v) is 6.98. The summed E-state index contributed by atoms with van der Waals surface area (Å²) in [6.45, 7) is 6.30. The Hall–Kier alpha value is -2.06. The summed E-state index contributed by atoms with van der Waals surface area (Å²) in [7, 11) is 0. The molecular formula is C18H21N3OS. The first-order valence-corrected chi connectivity index (χ1v) is 8.97.